The lowest BCUT2D eigenvalue weighted by Gasteiger charge is -2.48. The highest BCUT2D eigenvalue weighted by molar-refractivity contribution is 7.21. The number of nitrogens with zero attached hydrogens (tertiary/aromatic N) is 2. The Kier molecular flexibility index (Phi) is 5.00. The minimum Gasteiger partial charge on any atom is -0.422 e. The van der Waals surface area contributed by atoms with E-state index >= 15 is 0 Å². The molecule has 5 aromatic rings. The van der Waals surface area contributed by atoms with E-state index in [9.17, 15) is 4.79 Å². The summed E-state index contributed by atoms with van der Waals surface area (Å²) in [4.78, 5) is 21.5. The summed E-state index contributed by atoms with van der Waals surface area (Å²) in [6, 6.07) is 18.8. The first-order valence-electron chi connectivity index (χ1n) is 13.5. The van der Waals surface area contributed by atoms with Gasteiger partial charge in [0.2, 0.25) is 0 Å². The van der Waals surface area contributed by atoms with Crippen LogP contribution in [0.15, 0.2) is 63.8 Å². The van der Waals surface area contributed by atoms with E-state index in [1.165, 1.54) is 16.8 Å². The van der Waals surface area contributed by atoms with Crippen LogP contribution in [-0.4, -0.2) is 18.1 Å². The van der Waals surface area contributed by atoms with Crippen molar-refractivity contribution in [2.45, 2.75) is 58.3 Å². The van der Waals surface area contributed by atoms with Crippen LogP contribution in [0, 0.1) is 6.92 Å². The van der Waals surface area contributed by atoms with Crippen LogP contribution >= 0.6 is 11.3 Å². The number of thiazole rings is 1. The SMILES string of the molecule is Cc1ccccc1-c1c(-c2nc3ccccc3s2)c(=O)oc2c3c4c(cc12)C(C)(C)CCN4CCC3(C)C. The molecule has 4 heterocycles. The van der Waals surface area contributed by atoms with Gasteiger partial charge in [0.25, 0.3) is 0 Å². The molecule has 3 aromatic carbocycles. The monoisotopic (exact) mass is 520 g/mol. The van der Waals surface area contributed by atoms with Crippen molar-refractivity contribution in [1.82, 2.24) is 4.98 Å². The Balaban J connectivity index is 1.69. The van der Waals surface area contributed by atoms with Crippen molar-refractivity contribution in [3.05, 3.63) is 81.7 Å². The first-order valence-corrected chi connectivity index (χ1v) is 14.3. The van der Waals surface area contributed by atoms with Crippen LogP contribution in [0.2, 0.25) is 0 Å². The maximum absolute atomic E-state index is 14.1. The fourth-order valence-corrected chi connectivity index (χ4v) is 7.53. The van der Waals surface area contributed by atoms with Crippen molar-refractivity contribution in [3.63, 3.8) is 0 Å². The van der Waals surface area contributed by atoms with Gasteiger partial charge in [0, 0.05) is 35.3 Å². The summed E-state index contributed by atoms with van der Waals surface area (Å²) >= 11 is 1.56. The smallest absolute Gasteiger partial charge is 0.347 e. The molecular formula is C33H32N2O2S. The molecule has 0 unspecified atom stereocenters. The maximum Gasteiger partial charge on any atom is 0.347 e. The third kappa shape index (κ3) is 3.34. The standard InChI is InChI=1S/C33H32N2O2S/c1-19-10-6-7-11-20(19)25-21-18-22-28-27(33(4,5)15-17-35(28)16-14-32(22,2)3)29(21)37-31(36)26(25)30-34-23-12-8-9-13-24(23)38-30/h6-13,18H,14-17H2,1-5H3. The number of para-hydroxylation sites is 1. The normalized spacial score (nSPS) is 17.7. The van der Waals surface area contributed by atoms with Crippen molar-refractivity contribution in [1.29, 1.82) is 0 Å². The average Bonchev–Trinajstić information content (AvgIpc) is 3.30. The lowest BCUT2D eigenvalue weighted by molar-refractivity contribution is 0.399. The molecular weight excluding hydrogens is 488 g/mol. The summed E-state index contributed by atoms with van der Waals surface area (Å²) in [6.07, 6.45) is 2.13. The number of benzene rings is 3. The minimum atomic E-state index is -0.311. The second kappa shape index (κ2) is 8.03. The van der Waals surface area contributed by atoms with E-state index < -0.39 is 0 Å². The van der Waals surface area contributed by atoms with Gasteiger partial charge in [-0.15, -0.1) is 11.3 Å². The van der Waals surface area contributed by atoms with E-state index in [1.807, 2.05) is 18.2 Å². The van der Waals surface area contributed by atoms with E-state index in [0.29, 0.717) is 10.6 Å². The van der Waals surface area contributed by atoms with Crippen molar-refractivity contribution in [2.75, 3.05) is 18.0 Å². The lowest BCUT2D eigenvalue weighted by Crippen LogP contribution is -2.44. The molecule has 0 fully saturated rings. The Labute approximate surface area is 226 Å². The van der Waals surface area contributed by atoms with Gasteiger partial charge in [0.1, 0.15) is 16.2 Å². The highest BCUT2D eigenvalue weighted by atomic mass is 32.1. The number of aromatic nitrogens is 1. The van der Waals surface area contributed by atoms with Gasteiger partial charge in [-0.1, -0.05) is 64.1 Å². The Morgan fingerprint density at radius 3 is 2.39 bits per heavy atom. The highest BCUT2D eigenvalue weighted by Crippen LogP contribution is 2.53. The van der Waals surface area contributed by atoms with Crippen molar-refractivity contribution in [2.24, 2.45) is 0 Å². The molecule has 0 aliphatic carbocycles. The number of fused-ring (bicyclic) bond motifs is 3. The Hall–Kier alpha value is -3.44. The van der Waals surface area contributed by atoms with E-state index in [0.717, 1.165) is 63.8 Å². The number of hydrogen-bond acceptors (Lipinski definition) is 5. The molecule has 192 valence electrons. The first kappa shape index (κ1) is 23.7. The van der Waals surface area contributed by atoms with E-state index in [4.69, 9.17) is 9.40 Å². The second-order valence-corrected chi connectivity index (χ2v) is 13.3. The first-order chi connectivity index (χ1) is 18.2. The quantitative estimate of drug-likeness (QED) is 0.220. The number of hydrogen-bond donors (Lipinski definition) is 0. The molecule has 0 saturated carbocycles. The van der Waals surface area contributed by atoms with Crippen LogP contribution in [0.25, 0.3) is 42.9 Å². The third-order valence-corrected chi connectivity index (χ3v) is 9.88. The Morgan fingerprint density at radius 1 is 0.921 bits per heavy atom. The van der Waals surface area contributed by atoms with E-state index in [-0.39, 0.29) is 16.5 Å². The Bertz CT molecular complexity index is 1790. The molecule has 5 heteroatoms. The molecule has 7 rings (SSSR count). The summed E-state index contributed by atoms with van der Waals surface area (Å²) in [6.45, 7) is 13.5. The zero-order chi connectivity index (χ0) is 26.4. The molecule has 0 amide bonds. The van der Waals surface area contributed by atoms with E-state index in [1.54, 1.807) is 11.3 Å². The zero-order valence-electron chi connectivity index (χ0n) is 22.6. The third-order valence-electron chi connectivity index (χ3n) is 8.83. The molecule has 4 nitrogen and oxygen atoms in total. The molecule has 2 aliphatic rings. The summed E-state index contributed by atoms with van der Waals surface area (Å²) < 4.78 is 7.47. The van der Waals surface area contributed by atoms with Crippen molar-refractivity contribution in [3.8, 4) is 21.7 Å². The fraction of sp³-hybridized carbons (Fsp3) is 0.333. The fourth-order valence-electron chi connectivity index (χ4n) is 6.53. The van der Waals surface area contributed by atoms with Crippen LogP contribution in [0.1, 0.15) is 57.2 Å². The van der Waals surface area contributed by atoms with Crippen LogP contribution < -0.4 is 10.5 Å². The summed E-state index contributed by atoms with van der Waals surface area (Å²) in [5, 5.41) is 1.73. The van der Waals surface area contributed by atoms with Gasteiger partial charge in [-0.25, -0.2) is 9.78 Å². The molecule has 0 radical (unpaired) electrons. The van der Waals surface area contributed by atoms with Crippen LogP contribution in [0.4, 0.5) is 5.69 Å². The molecule has 2 aliphatic heterocycles. The van der Waals surface area contributed by atoms with Crippen molar-refractivity contribution >= 4 is 38.2 Å². The Morgan fingerprint density at radius 2 is 1.63 bits per heavy atom. The average molecular weight is 521 g/mol. The summed E-state index contributed by atoms with van der Waals surface area (Å²) in [7, 11) is 0. The van der Waals surface area contributed by atoms with Crippen LogP contribution in [0.5, 0.6) is 0 Å². The van der Waals surface area contributed by atoms with Gasteiger partial charge < -0.3 is 9.32 Å². The van der Waals surface area contributed by atoms with Gasteiger partial charge in [-0.05, 0) is 65.5 Å². The summed E-state index contributed by atoms with van der Waals surface area (Å²) in [5.41, 5.74) is 8.79. The predicted molar refractivity (Wildman–Crippen MR) is 159 cm³/mol. The number of aryl methyl sites for hydroxylation is 1. The van der Waals surface area contributed by atoms with Gasteiger partial charge in [0.05, 0.1) is 10.2 Å². The molecule has 0 atom stereocenters. The van der Waals surface area contributed by atoms with Gasteiger partial charge >= 0.3 is 5.63 Å². The number of anilines is 1. The highest BCUT2D eigenvalue weighted by Gasteiger charge is 2.42. The number of rotatable bonds is 2. The topological polar surface area (TPSA) is 46.3 Å². The lowest BCUT2D eigenvalue weighted by atomic mass is 9.68. The molecule has 2 aromatic heterocycles. The van der Waals surface area contributed by atoms with Crippen LogP contribution in [-0.2, 0) is 10.8 Å². The predicted octanol–water partition coefficient (Wildman–Crippen LogP) is 8.21. The van der Waals surface area contributed by atoms with Crippen molar-refractivity contribution < 1.29 is 4.42 Å². The summed E-state index contributed by atoms with van der Waals surface area (Å²) in [5.74, 6) is 0. The molecule has 0 bridgehead atoms. The molecule has 0 spiro atoms. The molecule has 0 saturated heterocycles. The van der Waals surface area contributed by atoms with E-state index in [2.05, 4.69) is 75.9 Å². The largest absolute Gasteiger partial charge is 0.422 e. The second-order valence-electron chi connectivity index (χ2n) is 12.2. The molecule has 38 heavy (non-hydrogen) atoms. The van der Waals surface area contributed by atoms with Gasteiger partial charge in [0.15, 0.2) is 0 Å². The maximum atomic E-state index is 14.1. The minimum absolute atomic E-state index is 0.0252. The zero-order valence-corrected chi connectivity index (χ0v) is 23.5. The van der Waals surface area contributed by atoms with Gasteiger partial charge in [-0.2, -0.15) is 0 Å². The van der Waals surface area contributed by atoms with Crippen LogP contribution in [0.3, 0.4) is 0 Å². The van der Waals surface area contributed by atoms with Gasteiger partial charge in [-0.3, -0.25) is 0 Å². The molecule has 0 N–H and O–H groups in total.